The first-order chi connectivity index (χ1) is 4.20. The van der Waals surface area contributed by atoms with E-state index >= 15 is 0 Å². The molecule has 2 atom stereocenters. The Labute approximate surface area is 58.0 Å². The van der Waals surface area contributed by atoms with Crippen LogP contribution in [-0.4, -0.2) is 0 Å². The Hall–Kier alpha value is -0.260. The average molecular weight is 124 g/mol. The minimum absolute atomic E-state index is 0.793. The van der Waals surface area contributed by atoms with Gasteiger partial charge in [-0.2, -0.15) is 0 Å². The van der Waals surface area contributed by atoms with E-state index in [1.807, 2.05) is 0 Å². The molecule has 0 spiro atoms. The smallest absolute Gasteiger partial charge is 0.0234 e. The molecule has 0 saturated heterocycles. The summed E-state index contributed by atoms with van der Waals surface area (Å²) in [5, 5.41) is 0. The summed E-state index contributed by atoms with van der Waals surface area (Å²) in [5.41, 5.74) is 1.47. The molecule has 1 aliphatic carbocycles. The van der Waals surface area contributed by atoms with Crippen LogP contribution in [0.15, 0.2) is 12.2 Å². The summed E-state index contributed by atoms with van der Waals surface area (Å²) in [7, 11) is 0. The molecule has 0 heterocycles. The summed E-state index contributed by atoms with van der Waals surface area (Å²) < 4.78 is 0. The van der Waals surface area contributed by atoms with Crippen LogP contribution in [0.5, 0.6) is 0 Å². The molecule has 0 heteroatoms. The van der Waals surface area contributed by atoms with Crippen LogP contribution in [0.25, 0.3) is 0 Å². The van der Waals surface area contributed by atoms with E-state index in [-0.39, 0.29) is 0 Å². The van der Waals surface area contributed by atoms with Gasteiger partial charge in [0.25, 0.3) is 0 Å². The van der Waals surface area contributed by atoms with Gasteiger partial charge in [-0.15, -0.1) is 0 Å². The molecular formula is C9H16. The van der Waals surface area contributed by atoms with Gasteiger partial charge < -0.3 is 0 Å². The van der Waals surface area contributed by atoms with Gasteiger partial charge in [0.2, 0.25) is 0 Å². The first-order valence-corrected chi connectivity index (χ1v) is 3.88. The number of hydrogen-bond acceptors (Lipinski definition) is 0. The van der Waals surface area contributed by atoms with Crippen molar-refractivity contribution in [3.63, 3.8) is 0 Å². The average Bonchev–Trinajstić information content (AvgIpc) is 1.80. The molecule has 0 aromatic carbocycles. The SMILES string of the molecule is C=C1CC(C)CCC1C. The minimum Gasteiger partial charge on any atom is -0.0996 e. The second-order valence-corrected chi connectivity index (χ2v) is 3.45. The van der Waals surface area contributed by atoms with E-state index in [4.69, 9.17) is 0 Å². The van der Waals surface area contributed by atoms with Crippen LogP contribution in [0.1, 0.15) is 33.1 Å². The number of allylic oxidation sites excluding steroid dienone is 1. The third kappa shape index (κ3) is 1.57. The van der Waals surface area contributed by atoms with Crippen molar-refractivity contribution in [3.05, 3.63) is 12.2 Å². The van der Waals surface area contributed by atoms with Crippen molar-refractivity contribution in [2.45, 2.75) is 33.1 Å². The summed E-state index contributed by atoms with van der Waals surface area (Å²) in [6, 6.07) is 0. The third-order valence-corrected chi connectivity index (χ3v) is 2.40. The molecule has 52 valence electrons. The summed E-state index contributed by atoms with van der Waals surface area (Å²) in [6.07, 6.45) is 4.03. The second-order valence-electron chi connectivity index (χ2n) is 3.45. The van der Waals surface area contributed by atoms with E-state index in [9.17, 15) is 0 Å². The normalized spacial score (nSPS) is 36.9. The molecule has 0 bridgehead atoms. The molecule has 0 aromatic heterocycles. The van der Waals surface area contributed by atoms with E-state index in [1.54, 1.807) is 0 Å². The van der Waals surface area contributed by atoms with Gasteiger partial charge in [0.15, 0.2) is 0 Å². The van der Waals surface area contributed by atoms with Gasteiger partial charge in [-0.1, -0.05) is 26.0 Å². The fourth-order valence-corrected chi connectivity index (χ4v) is 1.49. The van der Waals surface area contributed by atoms with Crippen LogP contribution < -0.4 is 0 Å². The third-order valence-electron chi connectivity index (χ3n) is 2.40. The molecule has 0 radical (unpaired) electrons. The van der Waals surface area contributed by atoms with Crippen molar-refractivity contribution >= 4 is 0 Å². The fourth-order valence-electron chi connectivity index (χ4n) is 1.49. The molecule has 0 N–H and O–H groups in total. The van der Waals surface area contributed by atoms with Crippen molar-refractivity contribution < 1.29 is 0 Å². The number of rotatable bonds is 0. The molecule has 9 heavy (non-hydrogen) atoms. The van der Waals surface area contributed by atoms with Gasteiger partial charge in [-0.25, -0.2) is 0 Å². The first kappa shape index (κ1) is 6.85. The van der Waals surface area contributed by atoms with Gasteiger partial charge in [0, 0.05) is 0 Å². The van der Waals surface area contributed by atoms with Crippen LogP contribution in [0.4, 0.5) is 0 Å². The highest BCUT2D eigenvalue weighted by Gasteiger charge is 2.16. The highest BCUT2D eigenvalue weighted by molar-refractivity contribution is 5.02. The van der Waals surface area contributed by atoms with E-state index in [2.05, 4.69) is 20.4 Å². The minimum atomic E-state index is 0.793. The molecule has 0 aromatic rings. The topological polar surface area (TPSA) is 0 Å². The maximum Gasteiger partial charge on any atom is -0.0234 e. The van der Waals surface area contributed by atoms with Crippen molar-refractivity contribution in [2.24, 2.45) is 11.8 Å². The molecule has 1 fully saturated rings. The maximum atomic E-state index is 4.05. The van der Waals surface area contributed by atoms with Gasteiger partial charge in [0.05, 0.1) is 0 Å². The zero-order chi connectivity index (χ0) is 6.85. The molecule has 0 nitrogen and oxygen atoms in total. The molecule has 2 unspecified atom stereocenters. The molecule has 1 aliphatic rings. The van der Waals surface area contributed by atoms with Gasteiger partial charge in [-0.05, 0) is 31.1 Å². The predicted octanol–water partition coefficient (Wildman–Crippen LogP) is 3.00. The Morgan fingerprint density at radius 3 is 2.44 bits per heavy atom. The van der Waals surface area contributed by atoms with Crippen LogP contribution in [0.2, 0.25) is 0 Å². The molecule has 1 rings (SSSR count). The second kappa shape index (κ2) is 2.55. The number of hydrogen-bond donors (Lipinski definition) is 0. The van der Waals surface area contributed by atoms with E-state index in [0.717, 1.165) is 11.8 Å². The quantitative estimate of drug-likeness (QED) is 0.435. The zero-order valence-corrected chi connectivity index (χ0v) is 6.48. The van der Waals surface area contributed by atoms with Gasteiger partial charge in [-0.3, -0.25) is 0 Å². The highest BCUT2D eigenvalue weighted by atomic mass is 14.2. The fraction of sp³-hybridized carbons (Fsp3) is 0.778. The predicted molar refractivity (Wildman–Crippen MR) is 41.3 cm³/mol. The Bertz CT molecular complexity index is 113. The van der Waals surface area contributed by atoms with E-state index in [0.29, 0.717) is 0 Å². The summed E-state index contributed by atoms with van der Waals surface area (Å²) >= 11 is 0. The molecular weight excluding hydrogens is 108 g/mol. The summed E-state index contributed by atoms with van der Waals surface area (Å²) in [6.45, 7) is 8.65. The van der Waals surface area contributed by atoms with Crippen LogP contribution >= 0.6 is 0 Å². The summed E-state index contributed by atoms with van der Waals surface area (Å²) in [5.74, 6) is 1.69. The molecule has 0 amide bonds. The van der Waals surface area contributed by atoms with Gasteiger partial charge >= 0.3 is 0 Å². The van der Waals surface area contributed by atoms with Crippen LogP contribution in [-0.2, 0) is 0 Å². The Morgan fingerprint density at radius 2 is 2.00 bits per heavy atom. The van der Waals surface area contributed by atoms with Gasteiger partial charge in [0.1, 0.15) is 0 Å². The van der Waals surface area contributed by atoms with Crippen molar-refractivity contribution in [3.8, 4) is 0 Å². The standard InChI is InChI=1S/C9H16/c1-7-4-5-8(2)9(3)6-7/h7-8H,3-6H2,1-2H3. The van der Waals surface area contributed by atoms with Crippen molar-refractivity contribution in [1.29, 1.82) is 0 Å². The largest absolute Gasteiger partial charge is 0.0996 e. The Balaban J connectivity index is 2.44. The molecule has 1 saturated carbocycles. The maximum absolute atomic E-state index is 4.05. The monoisotopic (exact) mass is 124 g/mol. The van der Waals surface area contributed by atoms with Crippen LogP contribution in [0, 0.1) is 11.8 Å². The van der Waals surface area contributed by atoms with Crippen molar-refractivity contribution in [2.75, 3.05) is 0 Å². The zero-order valence-electron chi connectivity index (χ0n) is 6.48. The summed E-state index contributed by atoms with van der Waals surface area (Å²) in [4.78, 5) is 0. The highest BCUT2D eigenvalue weighted by Crippen LogP contribution is 2.31. The van der Waals surface area contributed by atoms with E-state index < -0.39 is 0 Å². The lowest BCUT2D eigenvalue weighted by molar-refractivity contribution is 0.388. The Morgan fingerprint density at radius 1 is 1.33 bits per heavy atom. The van der Waals surface area contributed by atoms with Crippen molar-refractivity contribution in [1.82, 2.24) is 0 Å². The lowest BCUT2D eigenvalue weighted by Crippen LogP contribution is -2.11. The first-order valence-electron chi connectivity index (χ1n) is 3.88. The molecule has 0 aliphatic heterocycles. The Kier molecular flexibility index (Phi) is 1.94. The van der Waals surface area contributed by atoms with E-state index in [1.165, 1.54) is 24.8 Å². The lowest BCUT2D eigenvalue weighted by Gasteiger charge is -2.25. The lowest BCUT2D eigenvalue weighted by atomic mass is 9.81. The van der Waals surface area contributed by atoms with Crippen LogP contribution in [0.3, 0.4) is 0 Å².